The van der Waals surface area contributed by atoms with E-state index >= 15 is 0 Å². The van der Waals surface area contributed by atoms with E-state index in [1.54, 1.807) is 0 Å². The Bertz CT molecular complexity index is 419. The van der Waals surface area contributed by atoms with Gasteiger partial charge in [-0.1, -0.05) is 0 Å². The number of benzene rings is 1. The molecular weight excluding hydrogens is 256 g/mol. The summed E-state index contributed by atoms with van der Waals surface area (Å²) in [5.74, 6) is -5.46. The number of halogens is 4. The van der Waals surface area contributed by atoms with Crippen molar-refractivity contribution in [1.82, 2.24) is 5.32 Å². The van der Waals surface area contributed by atoms with Crippen LogP contribution in [-0.4, -0.2) is 25.4 Å². The molecule has 0 spiro atoms. The highest BCUT2D eigenvalue weighted by Crippen LogP contribution is 2.33. The monoisotopic (exact) mass is 266 g/mol. The fraction of sp³-hybridized carbons (Fsp3) is 0.400. The first-order valence-corrected chi connectivity index (χ1v) is 6.16. The summed E-state index contributed by atoms with van der Waals surface area (Å²) in [7, 11) is 0. The molecule has 1 saturated heterocycles. The molecule has 0 amide bonds. The van der Waals surface area contributed by atoms with E-state index < -0.39 is 33.9 Å². The number of hydrogen-bond acceptors (Lipinski definition) is 3. The second-order valence-corrected chi connectivity index (χ2v) is 4.48. The molecule has 0 saturated carbocycles. The van der Waals surface area contributed by atoms with Crippen molar-refractivity contribution in [3.63, 3.8) is 0 Å². The summed E-state index contributed by atoms with van der Waals surface area (Å²) in [5.41, 5.74) is -0.732. The first kappa shape index (κ1) is 12.5. The van der Waals surface area contributed by atoms with Crippen LogP contribution in [0.5, 0.6) is 0 Å². The van der Waals surface area contributed by atoms with Crippen LogP contribution in [0.1, 0.15) is 0 Å². The van der Waals surface area contributed by atoms with Gasteiger partial charge in [-0.05, 0) is 6.26 Å². The molecule has 0 atom stereocenters. The first-order chi connectivity index (χ1) is 8.06. The van der Waals surface area contributed by atoms with E-state index in [1.807, 2.05) is 0 Å². The van der Waals surface area contributed by atoms with Crippen molar-refractivity contribution in [2.24, 2.45) is 0 Å². The topological polar surface area (TPSA) is 24.1 Å². The number of rotatable bonds is 3. The molecule has 0 aromatic heterocycles. The molecule has 1 aliphatic heterocycles. The van der Waals surface area contributed by atoms with Crippen molar-refractivity contribution in [3.8, 4) is 0 Å². The van der Waals surface area contributed by atoms with Crippen molar-refractivity contribution < 1.29 is 17.6 Å². The minimum absolute atomic E-state index is 0.210. The van der Waals surface area contributed by atoms with Gasteiger partial charge in [0.15, 0.2) is 23.3 Å². The molecule has 0 bridgehead atoms. The minimum atomic E-state index is -1.37. The second-order valence-electron chi connectivity index (χ2n) is 3.66. The van der Waals surface area contributed by atoms with E-state index in [2.05, 4.69) is 10.6 Å². The third-order valence-corrected chi connectivity index (χ3v) is 3.32. The summed E-state index contributed by atoms with van der Waals surface area (Å²) < 4.78 is 53.9. The highest BCUT2D eigenvalue weighted by molar-refractivity contribution is 7.98. The van der Waals surface area contributed by atoms with Crippen LogP contribution in [0.25, 0.3) is 0 Å². The Morgan fingerprint density at radius 1 is 1.06 bits per heavy atom. The number of thioether (sulfide) groups is 1. The van der Waals surface area contributed by atoms with Crippen LogP contribution in [-0.2, 0) is 0 Å². The van der Waals surface area contributed by atoms with Gasteiger partial charge < -0.3 is 10.6 Å². The summed E-state index contributed by atoms with van der Waals surface area (Å²) in [6, 6.07) is -0.210. The lowest BCUT2D eigenvalue weighted by molar-refractivity contribution is 0.420. The molecule has 1 aromatic carbocycles. The van der Waals surface area contributed by atoms with Crippen LogP contribution < -0.4 is 10.6 Å². The maximum atomic E-state index is 13.5. The van der Waals surface area contributed by atoms with E-state index in [-0.39, 0.29) is 6.04 Å². The maximum absolute atomic E-state index is 13.5. The van der Waals surface area contributed by atoms with Gasteiger partial charge in [0.05, 0.1) is 10.9 Å². The van der Waals surface area contributed by atoms with Crippen molar-refractivity contribution in [1.29, 1.82) is 0 Å². The van der Waals surface area contributed by atoms with Crippen molar-refractivity contribution in [2.75, 3.05) is 24.7 Å². The average Bonchev–Trinajstić information content (AvgIpc) is 2.25. The Hall–Kier alpha value is -0.950. The van der Waals surface area contributed by atoms with Crippen molar-refractivity contribution in [3.05, 3.63) is 23.3 Å². The highest BCUT2D eigenvalue weighted by atomic mass is 32.2. The first-order valence-electron chi connectivity index (χ1n) is 4.93. The van der Waals surface area contributed by atoms with Gasteiger partial charge in [0.2, 0.25) is 0 Å². The Labute approximate surface area is 99.8 Å². The molecule has 2 N–H and O–H groups in total. The maximum Gasteiger partial charge on any atom is 0.186 e. The Morgan fingerprint density at radius 2 is 1.59 bits per heavy atom. The lowest BCUT2D eigenvalue weighted by Gasteiger charge is -2.29. The second kappa shape index (κ2) is 4.73. The molecule has 0 radical (unpaired) electrons. The zero-order valence-corrected chi connectivity index (χ0v) is 9.73. The van der Waals surface area contributed by atoms with E-state index in [0.717, 1.165) is 0 Å². The van der Waals surface area contributed by atoms with E-state index in [9.17, 15) is 17.6 Å². The number of nitrogens with one attached hydrogen (secondary N) is 2. The van der Waals surface area contributed by atoms with E-state index in [4.69, 9.17) is 0 Å². The average molecular weight is 266 g/mol. The molecule has 2 rings (SSSR count). The van der Waals surface area contributed by atoms with Gasteiger partial charge in [-0.3, -0.25) is 0 Å². The molecule has 17 heavy (non-hydrogen) atoms. The van der Waals surface area contributed by atoms with Gasteiger partial charge in [-0.2, -0.15) is 0 Å². The summed E-state index contributed by atoms with van der Waals surface area (Å²) >= 11 is 0.628. The number of hydrogen-bond donors (Lipinski definition) is 2. The van der Waals surface area contributed by atoms with Crippen molar-refractivity contribution in [2.45, 2.75) is 10.9 Å². The van der Waals surface area contributed by atoms with E-state index in [1.165, 1.54) is 6.26 Å². The van der Waals surface area contributed by atoms with Gasteiger partial charge in [0, 0.05) is 13.1 Å². The lowest BCUT2D eigenvalue weighted by Crippen LogP contribution is -2.51. The van der Waals surface area contributed by atoms with Gasteiger partial charge in [0.1, 0.15) is 5.69 Å². The fourth-order valence-electron chi connectivity index (χ4n) is 1.51. The summed E-state index contributed by atoms with van der Waals surface area (Å²) in [6.07, 6.45) is 1.35. The largest absolute Gasteiger partial charge is 0.375 e. The fourth-order valence-corrected chi connectivity index (χ4v) is 2.05. The molecule has 94 valence electrons. The van der Waals surface area contributed by atoms with Crippen LogP contribution in [0.15, 0.2) is 4.90 Å². The van der Waals surface area contributed by atoms with Gasteiger partial charge in [-0.25, -0.2) is 17.6 Å². The van der Waals surface area contributed by atoms with E-state index in [0.29, 0.717) is 24.9 Å². The van der Waals surface area contributed by atoms with Crippen LogP contribution in [0.2, 0.25) is 0 Å². The lowest BCUT2D eigenvalue weighted by atomic mass is 10.1. The van der Waals surface area contributed by atoms with Crippen LogP contribution in [0.3, 0.4) is 0 Å². The summed E-state index contributed by atoms with van der Waals surface area (Å²) in [5, 5.41) is 5.32. The Kier molecular flexibility index (Phi) is 3.48. The Balaban J connectivity index is 2.43. The molecule has 0 aliphatic carbocycles. The number of anilines is 1. The summed E-state index contributed by atoms with van der Waals surface area (Å²) in [6.45, 7) is 1.01. The van der Waals surface area contributed by atoms with Gasteiger partial charge in [0.25, 0.3) is 0 Å². The van der Waals surface area contributed by atoms with Crippen LogP contribution >= 0.6 is 11.8 Å². The third-order valence-electron chi connectivity index (χ3n) is 2.56. The Morgan fingerprint density at radius 3 is 1.94 bits per heavy atom. The zero-order chi connectivity index (χ0) is 12.6. The van der Waals surface area contributed by atoms with Gasteiger partial charge >= 0.3 is 0 Å². The molecule has 1 aliphatic rings. The predicted molar refractivity (Wildman–Crippen MR) is 58.3 cm³/mol. The molecule has 0 unspecified atom stereocenters. The molecule has 1 heterocycles. The normalized spacial score (nSPS) is 15.8. The van der Waals surface area contributed by atoms with Crippen LogP contribution in [0, 0.1) is 23.3 Å². The van der Waals surface area contributed by atoms with Gasteiger partial charge in [-0.15, -0.1) is 11.8 Å². The predicted octanol–water partition coefficient (Wildman–Crippen LogP) is 2.35. The van der Waals surface area contributed by atoms with Crippen molar-refractivity contribution >= 4 is 17.4 Å². The SMILES string of the molecule is CSc1c(F)c(F)c(NC2CNC2)c(F)c1F. The van der Waals surface area contributed by atoms with Crippen LogP contribution in [0.4, 0.5) is 23.2 Å². The molecule has 1 aromatic rings. The summed E-state index contributed by atoms with van der Waals surface area (Å²) in [4.78, 5) is -0.641. The third kappa shape index (κ3) is 2.09. The molecule has 7 heteroatoms. The highest BCUT2D eigenvalue weighted by Gasteiger charge is 2.27. The molecule has 2 nitrogen and oxygen atoms in total. The smallest absolute Gasteiger partial charge is 0.186 e. The quantitative estimate of drug-likeness (QED) is 0.499. The molecular formula is C10H10F4N2S. The minimum Gasteiger partial charge on any atom is -0.375 e. The zero-order valence-electron chi connectivity index (χ0n) is 8.91. The standard InChI is InChI=1S/C10H10F4N2S/c1-17-10-7(13)5(11)9(6(12)8(10)14)16-4-2-15-3-4/h4,15-16H,2-3H2,1H3. The molecule has 1 fully saturated rings.